The van der Waals surface area contributed by atoms with Crippen LogP contribution in [0, 0.1) is 5.41 Å². The number of hydrogen-bond acceptors (Lipinski definition) is 13. The van der Waals surface area contributed by atoms with E-state index < -0.39 is 41.8 Å². The van der Waals surface area contributed by atoms with E-state index in [0.717, 1.165) is 29.5 Å². The Kier molecular flexibility index (Phi) is 8.37. The van der Waals surface area contributed by atoms with Gasteiger partial charge in [0.2, 0.25) is 17.5 Å². The van der Waals surface area contributed by atoms with Crippen molar-refractivity contribution < 1.29 is 28.7 Å². The number of nitrogens with two attached hydrogens (primary N) is 1. The van der Waals surface area contributed by atoms with Crippen molar-refractivity contribution in [2.45, 2.75) is 11.4 Å². The van der Waals surface area contributed by atoms with Crippen molar-refractivity contribution in [1.82, 2.24) is 34.8 Å². The van der Waals surface area contributed by atoms with Crippen LogP contribution in [0.5, 0.6) is 0 Å². The van der Waals surface area contributed by atoms with E-state index in [4.69, 9.17) is 11.1 Å². The van der Waals surface area contributed by atoms with Gasteiger partial charge in [-0.25, -0.2) is 14.2 Å². The Hall–Kier alpha value is -3.84. The second kappa shape index (κ2) is 11.7. The molecule has 0 spiro atoms. The van der Waals surface area contributed by atoms with Gasteiger partial charge >= 0.3 is 5.97 Å². The number of nitrogens with zero attached hydrogens (tertiary/aromatic N) is 7. The molecule has 2 atom stereocenters. The maximum atomic E-state index is 12.9. The number of carbonyl (C=O) groups excluding carboxylic acids is 2. The molecule has 0 aromatic carbocycles. The fourth-order valence-electron chi connectivity index (χ4n) is 3.85. The highest BCUT2D eigenvalue weighted by Crippen LogP contribution is 2.40. The minimum atomic E-state index is -1.34. The third kappa shape index (κ3) is 5.53. The lowest BCUT2D eigenvalue weighted by Crippen LogP contribution is -2.71. The van der Waals surface area contributed by atoms with Gasteiger partial charge in [0.1, 0.15) is 17.1 Å². The number of alkyl halides is 1. The monoisotopic (exact) mass is 569 g/mol. The SMILES string of the molecule is CN(/N=C/C1=C(C(=O)O)N2C(=O)C(NC(=O)/C(=N\OCF)c3nsc(N)n3)[C@H]2SC1)C(=N)N1CCNCC1. The van der Waals surface area contributed by atoms with E-state index in [9.17, 15) is 23.9 Å². The summed E-state index contributed by atoms with van der Waals surface area (Å²) in [5, 5.41) is 32.1. The number of hydrazone groups is 1. The average molecular weight is 570 g/mol. The molecule has 19 heteroatoms. The molecular formula is C19H24FN11O5S2. The van der Waals surface area contributed by atoms with Gasteiger partial charge in [-0.05, 0) is 0 Å². The smallest absolute Gasteiger partial charge is 0.353 e. The lowest BCUT2D eigenvalue weighted by atomic mass is 10.0. The number of amides is 2. The number of nitrogens with one attached hydrogen (secondary N) is 3. The zero-order valence-electron chi connectivity index (χ0n) is 20.0. The molecule has 0 saturated carbocycles. The van der Waals surface area contributed by atoms with Gasteiger partial charge in [-0.3, -0.25) is 19.9 Å². The van der Waals surface area contributed by atoms with Crippen LogP contribution in [0.4, 0.5) is 9.52 Å². The Labute approximate surface area is 223 Å². The first-order chi connectivity index (χ1) is 18.2. The van der Waals surface area contributed by atoms with Crippen molar-refractivity contribution in [2.75, 3.05) is 51.6 Å². The van der Waals surface area contributed by atoms with E-state index in [0.29, 0.717) is 13.1 Å². The van der Waals surface area contributed by atoms with E-state index in [1.807, 2.05) is 4.90 Å². The van der Waals surface area contributed by atoms with Gasteiger partial charge in [-0.2, -0.15) is 14.5 Å². The Bertz CT molecular complexity index is 1220. The van der Waals surface area contributed by atoms with Crippen LogP contribution in [-0.2, 0) is 19.2 Å². The molecule has 38 heavy (non-hydrogen) atoms. The summed E-state index contributed by atoms with van der Waals surface area (Å²) >= 11 is 2.00. The number of aliphatic carboxylic acids is 1. The van der Waals surface area contributed by atoms with Crippen LogP contribution in [0.25, 0.3) is 0 Å². The summed E-state index contributed by atoms with van der Waals surface area (Å²) < 4.78 is 16.3. The summed E-state index contributed by atoms with van der Waals surface area (Å²) in [7, 11) is 1.58. The first-order valence-corrected chi connectivity index (χ1v) is 12.9. The van der Waals surface area contributed by atoms with E-state index in [1.54, 1.807) is 7.05 Å². The molecule has 1 aromatic heterocycles. The second-order valence-corrected chi connectivity index (χ2v) is 9.89. The van der Waals surface area contributed by atoms with Crippen molar-refractivity contribution in [1.29, 1.82) is 5.41 Å². The molecule has 1 aromatic rings. The van der Waals surface area contributed by atoms with Crippen LogP contribution in [-0.4, -0.2) is 122 Å². The minimum absolute atomic E-state index is 0.0358. The minimum Gasteiger partial charge on any atom is -0.477 e. The molecule has 2 fully saturated rings. The van der Waals surface area contributed by atoms with Crippen molar-refractivity contribution in [3.8, 4) is 0 Å². The predicted molar refractivity (Wildman–Crippen MR) is 136 cm³/mol. The van der Waals surface area contributed by atoms with Gasteiger partial charge in [0.25, 0.3) is 18.7 Å². The van der Waals surface area contributed by atoms with Gasteiger partial charge in [-0.1, -0.05) is 5.16 Å². The van der Waals surface area contributed by atoms with Crippen LogP contribution in [0.15, 0.2) is 21.5 Å². The number of hydrogen-bond donors (Lipinski definition) is 5. The van der Waals surface area contributed by atoms with E-state index in [2.05, 4.69) is 35.1 Å². The number of rotatable bonds is 8. The normalized spacial score (nSPS) is 21.7. The van der Waals surface area contributed by atoms with Gasteiger partial charge in [0.15, 0.2) is 5.13 Å². The number of aromatic nitrogens is 2. The number of nitrogen functional groups attached to an aromatic ring is 1. The Morgan fingerprint density at radius 1 is 1.45 bits per heavy atom. The standard InChI is InChI=1S/C19H24FN11O5S2/c1-29(19(22)30-4-2-23-3-5-30)24-6-9-7-37-16-11(15(33)31(16)12(9)17(34)35)25-14(32)10(27-36-8-20)13-26-18(21)38-28-13/h6,11,16,22-23H,2-5,7-8H2,1H3,(H,25,32)(H,34,35)(H2,21,26,28)/b22-19?,24-6+,27-10-/t11?,16-/m1/s1. The molecule has 16 nitrogen and oxygen atoms in total. The molecule has 3 aliphatic heterocycles. The molecule has 2 amide bonds. The number of piperazine rings is 1. The number of carboxylic acids is 1. The second-order valence-electron chi connectivity index (χ2n) is 8.00. The van der Waals surface area contributed by atoms with Crippen molar-refractivity contribution in [3.05, 3.63) is 17.1 Å². The predicted octanol–water partition coefficient (Wildman–Crippen LogP) is -1.74. The number of anilines is 1. The number of fused-ring (bicyclic) bond motifs is 1. The largest absolute Gasteiger partial charge is 0.477 e. The van der Waals surface area contributed by atoms with Gasteiger partial charge < -0.3 is 31.2 Å². The van der Waals surface area contributed by atoms with Gasteiger partial charge in [-0.15, -0.1) is 11.8 Å². The summed E-state index contributed by atoms with van der Waals surface area (Å²) in [6, 6.07) is -1.09. The first kappa shape index (κ1) is 27.2. The number of oxime groups is 1. The fourth-order valence-corrected chi connectivity index (χ4v) is 5.58. The third-order valence-electron chi connectivity index (χ3n) is 5.67. The molecule has 0 radical (unpaired) electrons. The van der Waals surface area contributed by atoms with E-state index >= 15 is 0 Å². The summed E-state index contributed by atoms with van der Waals surface area (Å²) in [6.07, 6.45) is 1.32. The first-order valence-electron chi connectivity index (χ1n) is 11.1. The molecule has 4 rings (SSSR count). The molecule has 4 heterocycles. The molecule has 6 N–H and O–H groups in total. The van der Waals surface area contributed by atoms with Crippen LogP contribution < -0.4 is 16.4 Å². The Morgan fingerprint density at radius 2 is 2.18 bits per heavy atom. The van der Waals surface area contributed by atoms with Crippen molar-refractivity contribution in [3.63, 3.8) is 0 Å². The van der Waals surface area contributed by atoms with E-state index in [1.165, 1.54) is 23.0 Å². The number of guanidine groups is 1. The summed E-state index contributed by atoms with van der Waals surface area (Å²) in [6.45, 7) is 1.46. The van der Waals surface area contributed by atoms with Crippen LogP contribution in [0.1, 0.15) is 5.82 Å². The molecule has 0 aliphatic carbocycles. The summed E-state index contributed by atoms with van der Waals surface area (Å²) in [5.74, 6) is -2.80. The number of carboxylic acid groups (broad SMARTS) is 1. The molecule has 204 valence electrons. The molecular weight excluding hydrogens is 545 g/mol. The summed E-state index contributed by atoms with van der Waals surface area (Å²) in [5.41, 5.74) is 5.06. The maximum Gasteiger partial charge on any atom is 0.353 e. The van der Waals surface area contributed by atoms with Crippen LogP contribution in [0.3, 0.4) is 0 Å². The fraction of sp³-hybridized carbons (Fsp3) is 0.474. The highest BCUT2D eigenvalue weighted by Gasteiger charge is 2.54. The molecule has 2 saturated heterocycles. The zero-order valence-corrected chi connectivity index (χ0v) is 21.6. The van der Waals surface area contributed by atoms with Crippen LogP contribution in [0.2, 0.25) is 0 Å². The lowest BCUT2D eigenvalue weighted by Gasteiger charge is -2.49. The number of carbonyl (C=O) groups is 3. The summed E-state index contributed by atoms with van der Waals surface area (Å²) in [4.78, 5) is 48.9. The quantitative estimate of drug-likeness (QED) is 0.102. The average Bonchev–Trinajstić information content (AvgIpc) is 3.35. The molecule has 1 unspecified atom stereocenters. The molecule has 3 aliphatic rings. The highest BCUT2D eigenvalue weighted by molar-refractivity contribution is 8.00. The number of halogens is 1. The lowest BCUT2D eigenvalue weighted by molar-refractivity contribution is -0.150. The highest BCUT2D eigenvalue weighted by atomic mass is 32.2. The Morgan fingerprint density at radius 3 is 2.82 bits per heavy atom. The Balaban J connectivity index is 1.47. The third-order valence-corrected chi connectivity index (χ3v) is 7.51. The van der Waals surface area contributed by atoms with Crippen LogP contribution >= 0.6 is 23.3 Å². The van der Waals surface area contributed by atoms with Gasteiger partial charge in [0, 0.05) is 56.1 Å². The van der Waals surface area contributed by atoms with Gasteiger partial charge in [0.05, 0.1) is 6.21 Å². The number of β-lactam (4-membered cyclic amide) rings is 1. The zero-order chi connectivity index (χ0) is 27.4. The maximum absolute atomic E-state index is 12.9. The van der Waals surface area contributed by atoms with Crippen molar-refractivity contribution in [2.24, 2.45) is 10.3 Å². The van der Waals surface area contributed by atoms with E-state index in [-0.39, 0.29) is 33.9 Å². The topological polar surface area (TPSA) is 215 Å². The van der Waals surface area contributed by atoms with Crippen molar-refractivity contribution >= 4 is 64.1 Å². The molecule has 0 bridgehead atoms. The number of thioether (sulfide) groups is 1.